The first kappa shape index (κ1) is 17.2. The molecule has 0 unspecified atom stereocenters. The van der Waals surface area contributed by atoms with Crippen LogP contribution in [0.2, 0.25) is 0 Å². The molecule has 0 spiro atoms. The van der Waals surface area contributed by atoms with Gasteiger partial charge in [0.1, 0.15) is 17.4 Å². The summed E-state index contributed by atoms with van der Waals surface area (Å²) in [4.78, 5) is 24.6. The maximum absolute atomic E-state index is 12.3. The Morgan fingerprint density at radius 1 is 1.33 bits per heavy atom. The number of carboxylic acid groups (broad SMARTS) is 1. The standard InChI is InChI=1S/C14H19NO5S/c1-14(2,3)20-13(19)15(10(8-21)12(17)18)9-6-4-5-7-11(9)16/h4-7,10,16,21H,8H2,1-3H3,(H,17,18)/t10-/m0/s1. The number of anilines is 1. The minimum atomic E-state index is -1.25. The van der Waals surface area contributed by atoms with E-state index >= 15 is 0 Å². The number of benzene rings is 1. The number of para-hydroxylation sites is 2. The Kier molecular flexibility index (Phi) is 5.48. The normalized spacial score (nSPS) is 12.6. The van der Waals surface area contributed by atoms with Crippen LogP contribution >= 0.6 is 12.6 Å². The quantitative estimate of drug-likeness (QED) is 0.744. The van der Waals surface area contributed by atoms with E-state index in [0.29, 0.717) is 0 Å². The first-order valence-corrected chi connectivity index (χ1v) is 6.94. The van der Waals surface area contributed by atoms with Gasteiger partial charge in [0.05, 0.1) is 5.69 Å². The van der Waals surface area contributed by atoms with Gasteiger partial charge in [-0.25, -0.2) is 9.59 Å². The van der Waals surface area contributed by atoms with E-state index in [1.54, 1.807) is 32.9 Å². The molecule has 0 aromatic heterocycles. The highest BCUT2D eigenvalue weighted by molar-refractivity contribution is 7.80. The van der Waals surface area contributed by atoms with Gasteiger partial charge < -0.3 is 14.9 Å². The van der Waals surface area contributed by atoms with Crippen LogP contribution < -0.4 is 4.90 Å². The average Bonchev–Trinajstić information content (AvgIpc) is 2.34. The molecule has 1 amide bonds. The number of rotatable bonds is 4. The van der Waals surface area contributed by atoms with Crippen molar-refractivity contribution in [3.8, 4) is 5.75 Å². The molecule has 0 fully saturated rings. The van der Waals surface area contributed by atoms with Crippen LogP contribution in [0.5, 0.6) is 5.75 Å². The second-order valence-electron chi connectivity index (χ2n) is 5.38. The van der Waals surface area contributed by atoms with Crippen LogP contribution in [-0.4, -0.2) is 39.7 Å². The van der Waals surface area contributed by atoms with Gasteiger partial charge in [0.15, 0.2) is 0 Å². The van der Waals surface area contributed by atoms with Gasteiger partial charge in [-0.1, -0.05) is 12.1 Å². The summed E-state index contributed by atoms with van der Waals surface area (Å²) in [5.74, 6) is -1.57. The van der Waals surface area contributed by atoms with Crippen LogP contribution in [0.3, 0.4) is 0 Å². The predicted octanol–water partition coefficient (Wildman–Crippen LogP) is 2.52. The molecule has 0 heterocycles. The van der Waals surface area contributed by atoms with Gasteiger partial charge in [-0.05, 0) is 32.9 Å². The van der Waals surface area contributed by atoms with Crippen molar-refractivity contribution >= 4 is 30.4 Å². The second kappa shape index (κ2) is 6.71. The van der Waals surface area contributed by atoms with Gasteiger partial charge in [-0.2, -0.15) is 12.6 Å². The van der Waals surface area contributed by atoms with Gasteiger partial charge >= 0.3 is 12.1 Å². The first-order chi connectivity index (χ1) is 9.67. The highest BCUT2D eigenvalue weighted by atomic mass is 32.1. The van der Waals surface area contributed by atoms with Crippen LogP contribution in [-0.2, 0) is 9.53 Å². The number of carbonyl (C=O) groups excluding carboxylic acids is 1. The second-order valence-corrected chi connectivity index (χ2v) is 5.74. The summed E-state index contributed by atoms with van der Waals surface area (Å²) in [6.45, 7) is 5.01. The summed E-state index contributed by atoms with van der Waals surface area (Å²) in [5, 5.41) is 19.2. The zero-order valence-corrected chi connectivity index (χ0v) is 13.0. The molecular weight excluding hydrogens is 294 g/mol. The lowest BCUT2D eigenvalue weighted by Crippen LogP contribution is -2.48. The molecule has 0 saturated carbocycles. The predicted molar refractivity (Wildman–Crippen MR) is 82.1 cm³/mol. The van der Waals surface area contributed by atoms with E-state index in [1.807, 2.05) is 0 Å². The SMILES string of the molecule is CC(C)(C)OC(=O)N(c1ccccc1O)[C@@H](CS)C(=O)O. The maximum Gasteiger partial charge on any atom is 0.415 e. The van der Waals surface area contributed by atoms with E-state index in [0.717, 1.165) is 4.90 Å². The molecule has 1 aromatic carbocycles. The molecule has 1 rings (SSSR count). The van der Waals surface area contributed by atoms with E-state index in [4.69, 9.17) is 4.74 Å². The van der Waals surface area contributed by atoms with Crippen LogP contribution in [0.25, 0.3) is 0 Å². The lowest BCUT2D eigenvalue weighted by molar-refractivity contribution is -0.138. The number of ether oxygens (including phenoxy) is 1. The lowest BCUT2D eigenvalue weighted by atomic mass is 10.2. The maximum atomic E-state index is 12.3. The molecule has 0 aliphatic rings. The van der Waals surface area contributed by atoms with Gasteiger partial charge in [0.25, 0.3) is 0 Å². The molecular formula is C14H19NO5S. The van der Waals surface area contributed by atoms with Gasteiger partial charge in [0.2, 0.25) is 0 Å². The fourth-order valence-corrected chi connectivity index (χ4v) is 1.96. The fraction of sp³-hybridized carbons (Fsp3) is 0.429. The average molecular weight is 313 g/mol. The molecule has 0 saturated heterocycles. The molecule has 0 radical (unpaired) electrons. The largest absolute Gasteiger partial charge is 0.506 e. The number of aromatic hydroxyl groups is 1. The van der Waals surface area contributed by atoms with Crippen molar-refractivity contribution in [3.05, 3.63) is 24.3 Å². The summed E-state index contributed by atoms with van der Waals surface area (Å²) in [6.07, 6.45) is -0.856. The molecule has 1 aromatic rings. The first-order valence-electron chi connectivity index (χ1n) is 6.31. The number of phenolic OH excluding ortho intramolecular Hbond substituents is 1. The summed E-state index contributed by atoms with van der Waals surface area (Å²) >= 11 is 3.97. The Labute approximate surface area is 128 Å². The number of carbonyl (C=O) groups is 2. The third-order valence-corrected chi connectivity index (χ3v) is 2.85. The third kappa shape index (κ3) is 4.56. The lowest BCUT2D eigenvalue weighted by Gasteiger charge is -2.31. The van der Waals surface area contributed by atoms with E-state index in [1.165, 1.54) is 12.1 Å². The number of hydrogen-bond acceptors (Lipinski definition) is 5. The van der Waals surface area contributed by atoms with Crippen molar-refractivity contribution in [2.24, 2.45) is 0 Å². The molecule has 0 aliphatic heterocycles. The Bertz CT molecular complexity index is 526. The molecule has 7 heteroatoms. The topological polar surface area (TPSA) is 87.1 Å². The highest BCUT2D eigenvalue weighted by Crippen LogP contribution is 2.30. The zero-order valence-electron chi connectivity index (χ0n) is 12.1. The summed E-state index contributed by atoms with van der Waals surface area (Å²) < 4.78 is 5.22. The Hall–Kier alpha value is -1.89. The summed E-state index contributed by atoms with van der Waals surface area (Å²) in [7, 11) is 0. The number of amides is 1. The molecule has 6 nitrogen and oxygen atoms in total. The number of phenols is 1. The molecule has 0 bridgehead atoms. The van der Waals surface area contributed by atoms with Gasteiger partial charge in [-0.3, -0.25) is 4.90 Å². The van der Waals surface area contributed by atoms with Crippen molar-refractivity contribution in [1.29, 1.82) is 0 Å². The number of aliphatic carboxylic acids is 1. The molecule has 1 atom stereocenters. The zero-order chi connectivity index (χ0) is 16.2. The Morgan fingerprint density at radius 3 is 2.33 bits per heavy atom. The number of hydrogen-bond donors (Lipinski definition) is 3. The molecule has 116 valence electrons. The minimum Gasteiger partial charge on any atom is -0.506 e. The van der Waals surface area contributed by atoms with Crippen LogP contribution in [0, 0.1) is 0 Å². The summed E-state index contributed by atoms with van der Waals surface area (Å²) in [5.41, 5.74) is -0.729. The minimum absolute atomic E-state index is 0.0631. The van der Waals surface area contributed by atoms with E-state index in [2.05, 4.69) is 12.6 Å². The van der Waals surface area contributed by atoms with Crippen molar-refractivity contribution in [1.82, 2.24) is 0 Å². The van der Waals surface area contributed by atoms with E-state index < -0.39 is 23.7 Å². The molecule has 21 heavy (non-hydrogen) atoms. The van der Waals surface area contributed by atoms with Crippen LogP contribution in [0.15, 0.2) is 24.3 Å². The van der Waals surface area contributed by atoms with E-state index in [9.17, 15) is 19.8 Å². The Balaban J connectivity index is 3.27. The number of thiol groups is 1. The monoisotopic (exact) mass is 313 g/mol. The van der Waals surface area contributed by atoms with E-state index in [-0.39, 0.29) is 17.2 Å². The summed E-state index contributed by atoms with van der Waals surface area (Å²) in [6, 6.07) is 4.71. The van der Waals surface area contributed by atoms with Crippen molar-refractivity contribution in [3.63, 3.8) is 0 Å². The number of nitrogens with zero attached hydrogens (tertiary/aromatic N) is 1. The smallest absolute Gasteiger partial charge is 0.415 e. The van der Waals surface area contributed by atoms with Crippen molar-refractivity contribution < 1.29 is 24.5 Å². The fourth-order valence-electron chi connectivity index (χ4n) is 1.64. The van der Waals surface area contributed by atoms with Gasteiger partial charge in [0, 0.05) is 5.75 Å². The third-order valence-electron chi connectivity index (χ3n) is 2.50. The van der Waals surface area contributed by atoms with Crippen molar-refractivity contribution in [2.75, 3.05) is 10.7 Å². The molecule has 0 aliphatic carbocycles. The van der Waals surface area contributed by atoms with Gasteiger partial charge in [-0.15, -0.1) is 0 Å². The van der Waals surface area contributed by atoms with Crippen LogP contribution in [0.1, 0.15) is 20.8 Å². The Morgan fingerprint density at radius 2 is 1.90 bits per heavy atom. The van der Waals surface area contributed by atoms with Crippen LogP contribution in [0.4, 0.5) is 10.5 Å². The number of carboxylic acids is 1. The highest BCUT2D eigenvalue weighted by Gasteiger charge is 2.34. The molecule has 2 N–H and O–H groups in total. The van der Waals surface area contributed by atoms with Crippen molar-refractivity contribution in [2.45, 2.75) is 32.4 Å².